The normalized spacial score (nSPS) is 17.4. The summed E-state index contributed by atoms with van der Waals surface area (Å²) in [7, 11) is 0. The van der Waals surface area contributed by atoms with Gasteiger partial charge in [0.05, 0.1) is 17.4 Å². The number of fused-ring (bicyclic) bond motifs is 1. The maximum absolute atomic E-state index is 12.0. The van der Waals surface area contributed by atoms with Crippen molar-refractivity contribution in [2.75, 3.05) is 18.9 Å². The molecule has 24 heavy (non-hydrogen) atoms. The SMILES string of the molecule is Cc1cc(C)c2nc(SCC(=O)NC[C@H]3CCCO3)c(C)cc2c1. The first-order chi connectivity index (χ1) is 11.5. The monoisotopic (exact) mass is 344 g/mol. The molecule has 0 saturated carbocycles. The lowest BCUT2D eigenvalue weighted by Gasteiger charge is -2.12. The van der Waals surface area contributed by atoms with Crippen molar-refractivity contribution in [2.45, 2.75) is 44.7 Å². The van der Waals surface area contributed by atoms with Crippen LogP contribution in [0, 0.1) is 20.8 Å². The number of pyridine rings is 1. The average molecular weight is 344 g/mol. The van der Waals surface area contributed by atoms with Crippen LogP contribution in [0.15, 0.2) is 23.2 Å². The van der Waals surface area contributed by atoms with Gasteiger partial charge in [0.15, 0.2) is 0 Å². The molecule has 0 aliphatic carbocycles. The van der Waals surface area contributed by atoms with Gasteiger partial charge in [-0.05, 0) is 56.9 Å². The van der Waals surface area contributed by atoms with E-state index in [4.69, 9.17) is 9.72 Å². The van der Waals surface area contributed by atoms with Crippen LogP contribution in [0.1, 0.15) is 29.5 Å². The molecule has 1 N–H and O–H groups in total. The third kappa shape index (κ3) is 4.08. The second kappa shape index (κ2) is 7.53. The van der Waals surface area contributed by atoms with E-state index >= 15 is 0 Å². The molecule has 1 saturated heterocycles. The Kier molecular flexibility index (Phi) is 5.41. The van der Waals surface area contributed by atoms with Crippen molar-refractivity contribution >= 4 is 28.6 Å². The number of aryl methyl sites for hydroxylation is 3. The molecule has 1 aliphatic heterocycles. The van der Waals surface area contributed by atoms with E-state index in [0.29, 0.717) is 12.3 Å². The van der Waals surface area contributed by atoms with Crippen molar-refractivity contribution in [3.05, 3.63) is 34.9 Å². The Bertz CT molecular complexity index is 755. The van der Waals surface area contributed by atoms with Crippen LogP contribution >= 0.6 is 11.8 Å². The predicted octanol–water partition coefficient (Wildman–Crippen LogP) is 3.55. The van der Waals surface area contributed by atoms with Crippen molar-refractivity contribution in [1.29, 1.82) is 0 Å². The molecule has 128 valence electrons. The highest BCUT2D eigenvalue weighted by Crippen LogP contribution is 2.27. The minimum atomic E-state index is 0.0393. The van der Waals surface area contributed by atoms with E-state index < -0.39 is 0 Å². The molecule has 3 rings (SSSR count). The number of rotatable bonds is 5. The molecule has 0 radical (unpaired) electrons. The molecule has 4 nitrogen and oxygen atoms in total. The Labute approximate surface area is 147 Å². The first-order valence-corrected chi connectivity index (χ1v) is 9.41. The van der Waals surface area contributed by atoms with E-state index in [1.165, 1.54) is 22.9 Å². The number of nitrogens with one attached hydrogen (secondary N) is 1. The van der Waals surface area contributed by atoms with E-state index in [-0.39, 0.29) is 12.0 Å². The topological polar surface area (TPSA) is 51.2 Å². The van der Waals surface area contributed by atoms with E-state index in [1.807, 2.05) is 0 Å². The smallest absolute Gasteiger partial charge is 0.230 e. The van der Waals surface area contributed by atoms with Gasteiger partial charge in [0, 0.05) is 18.5 Å². The van der Waals surface area contributed by atoms with Gasteiger partial charge in [0.2, 0.25) is 5.91 Å². The van der Waals surface area contributed by atoms with Crippen LogP contribution in [0.3, 0.4) is 0 Å². The summed E-state index contributed by atoms with van der Waals surface area (Å²) in [4.78, 5) is 16.8. The number of carbonyl (C=O) groups excluding carboxylic acids is 1. The van der Waals surface area contributed by atoms with Crippen LogP contribution in [0.2, 0.25) is 0 Å². The molecule has 0 bridgehead atoms. The zero-order valence-electron chi connectivity index (χ0n) is 14.5. The largest absolute Gasteiger partial charge is 0.376 e. The zero-order valence-corrected chi connectivity index (χ0v) is 15.3. The molecule has 2 heterocycles. The summed E-state index contributed by atoms with van der Waals surface area (Å²) in [6, 6.07) is 6.47. The first kappa shape index (κ1) is 17.2. The molecule has 0 spiro atoms. The van der Waals surface area contributed by atoms with E-state index in [2.05, 4.69) is 44.3 Å². The Morgan fingerprint density at radius 3 is 2.88 bits per heavy atom. The van der Waals surface area contributed by atoms with Gasteiger partial charge in [0.1, 0.15) is 5.03 Å². The van der Waals surface area contributed by atoms with Gasteiger partial charge >= 0.3 is 0 Å². The van der Waals surface area contributed by atoms with Crippen molar-refractivity contribution in [2.24, 2.45) is 0 Å². The van der Waals surface area contributed by atoms with Crippen molar-refractivity contribution in [1.82, 2.24) is 10.3 Å². The summed E-state index contributed by atoms with van der Waals surface area (Å²) in [6.07, 6.45) is 2.32. The molecule has 1 atom stereocenters. The van der Waals surface area contributed by atoms with Gasteiger partial charge in [0.25, 0.3) is 0 Å². The molecular formula is C19H24N2O2S. The lowest BCUT2D eigenvalue weighted by atomic mass is 10.1. The number of thioether (sulfide) groups is 1. The summed E-state index contributed by atoms with van der Waals surface area (Å²) in [6.45, 7) is 7.66. The molecule has 1 aromatic carbocycles. The second-order valence-electron chi connectivity index (χ2n) is 6.49. The Hall–Kier alpha value is -1.59. The van der Waals surface area contributed by atoms with E-state index in [9.17, 15) is 4.79 Å². The Morgan fingerprint density at radius 1 is 1.29 bits per heavy atom. The van der Waals surface area contributed by atoms with Crippen LogP contribution in [0.5, 0.6) is 0 Å². The van der Waals surface area contributed by atoms with E-state index in [0.717, 1.165) is 40.9 Å². The fourth-order valence-corrected chi connectivity index (χ4v) is 3.92. The fraction of sp³-hybridized carbons (Fsp3) is 0.474. The maximum atomic E-state index is 12.0. The number of aromatic nitrogens is 1. The quantitative estimate of drug-likeness (QED) is 0.843. The van der Waals surface area contributed by atoms with Gasteiger partial charge in [-0.25, -0.2) is 4.98 Å². The fourth-order valence-electron chi connectivity index (χ4n) is 3.10. The second-order valence-corrected chi connectivity index (χ2v) is 7.46. The summed E-state index contributed by atoms with van der Waals surface area (Å²) in [5.74, 6) is 0.425. The number of nitrogens with zero attached hydrogens (tertiary/aromatic N) is 1. The predicted molar refractivity (Wildman–Crippen MR) is 98.7 cm³/mol. The van der Waals surface area contributed by atoms with Crippen LogP contribution in [-0.2, 0) is 9.53 Å². The zero-order chi connectivity index (χ0) is 17.1. The summed E-state index contributed by atoms with van der Waals surface area (Å²) < 4.78 is 5.52. The van der Waals surface area contributed by atoms with Gasteiger partial charge in [-0.1, -0.05) is 23.4 Å². The third-order valence-corrected chi connectivity index (χ3v) is 5.38. The summed E-state index contributed by atoms with van der Waals surface area (Å²) >= 11 is 1.50. The number of hydrogen-bond donors (Lipinski definition) is 1. The third-order valence-electron chi connectivity index (χ3n) is 4.29. The minimum absolute atomic E-state index is 0.0393. The molecule has 1 aromatic heterocycles. The number of carbonyl (C=O) groups is 1. The number of hydrogen-bond acceptors (Lipinski definition) is 4. The standard InChI is InChI=1S/C19H24N2O2S/c1-12-7-13(2)18-15(8-12)9-14(3)19(21-18)24-11-17(22)20-10-16-5-4-6-23-16/h7-9,16H,4-6,10-11H2,1-3H3,(H,20,22)/t16-/m1/s1. The van der Waals surface area contributed by atoms with Crippen LogP contribution in [-0.4, -0.2) is 35.9 Å². The lowest BCUT2D eigenvalue weighted by Crippen LogP contribution is -2.32. The van der Waals surface area contributed by atoms with Crippen molar-refractivity contribution in [3.8, 4) is 0 Å². The average Bonchev–Trinajstić information content (AvgIpc) is 3.04. The van der Waals surface area contributed by atoms with Gasteiger partial charge in [-0.2, -0.15) is 0 Å². The first-order valence-electron chi connectivity index (χ1n) is 8.42. The van der Waals surface area contributed by atoms with Gasteiger partial charge < -0.3 is 10.1 Å². The molecule has 0 unspecified atom stereocenters. The molecule has 1 amide bonds. The highest BCUT2D eigenvalue weighted by atomic mass is 32.2. The minimum Gasteiger partial charge on any atom is -0.376 e. The van der Waals surface area contributed by atoms with Crippen LogP contribution in [0.4, 0.5) is 0 Å². The Morgan fingerprint density at radius 2 is 2.12 bits per heavy atom. The number of benzene rings is 1. The van der Waals surface area contributed by atoms with Gasteiger partial charge in [-0.15, -0.1) is 0 Å². The summed E-state index contributed by atoms with van der Waals surface area (Å²) in [5, 5.41) is 5.05. The van der Waals surface area contributed by atoms with Crippen LogP contribution in [0.25, 0.3) is 10.9 Å². The summed E-state index contributed by atoms with van der Waals surface area (Å²) in [5.41, 5.74) is 4.56. The highest BCUT2D eigenvalue weighted by molar-refractivity contribution is 7.99. The molecule has 1 aliphatic rings. The molecule has 5 heteroatoms. The van der Waals surface area contributed by atoms with Crippen molar-refractivity contribution < 1.29 is 9.53 Å². The highest BCUT2D eigenvalue weighted by Gasteiger charge is 2.16. The van der Waals surface area contributed by atoms with Crippen molar-refractivity contribution in [3.63, 3.8) is 0 Å². The van der Waals surface area contributed by atoms with Gasteiger partial charge in [-0.3, -0.25) is 4.79 Å². The number of amides is 1. The maximum Gasteiger partial charge on any atom is 0.230 e. The van der Waals surface area contributed by atoms with Crippen LogP contribution < -0.4 is 5.32 Å². The molecule has 2 aromatic rings. The lowest BCUT2D eigenvalue weighted by molar-refractivity contribution is -0.119. The number of ether oxygens (including phenoxy) is 1. The van der Waals surface area contributed by atoms with E-state index in [1.54, 1.807) is 0 Å². The molecular weight excluding hydrogens is 320 g/mol. The Balaban J connectivity index is 1.64. The molecule has 1 fully saturated rings.